The molecule has 1 heterocycles. The van der Waals surface area contributed by atoms with Crippen LogP contribution in [0.3, 0.4) is 0 Å². The Morgan fingerprint density at radius 3 is 2.62 bits per heavy atom. The summed E-state index contributed by atoms with van der Waals surface area (Å²) >= 11 is 0. The molecule has 0 radical (unpaired) electrons. The van der Waals surface area contributed by atoms with Crippen LogP contribution < -0.4 is 15.7 Å². The summed E-state index contributed by atoms with van der Waals surface area (Å²) in [7, 11) is -3.26. The molecule has 1 aromatic carbocycles. The summed E-state index contributed by atoms with van der Waals surface area (Å²) in [5, 5.41) is 3.11. The number of sulfonamides is 1. The van der Waals surface area contributed by atoms with Gasteiger partial charge in [-0.1, -0.05) is 0 Å². The van der Waals surface area contributed by atoms with Crippen LogP contribution in [0.4, 0.5) is 5.69 Å². The van der Waals surface area contributed by atoms with E-state index in [0.717, 1.165) is 10.9 Å². The van der Waals surface area contributed by atoms with Crippen molar-refractivity contribution in [2.75, 3.05) is 11.9 Å². The molecule has 0 saturated heterocycles. The molecule has 1 amide bonds. The molecule has 142 valence electrons. The van der Waals surface area contributed by atoms with Crippen molar-refractivity contribution in [3.8, 4) is 0 Å². The van der Waals surface area contributed by atoms with Gasteiger partial charge in [-0.3, -0.25) is 4.79 Å². The number of amides is 1. The summed E-state index contributed by atoms with van der Waals surface area (Å²) in [6.45, 7) is 5.37. The fraction of sp³-hybridized carbons (Fsp3) is 0.444. The van der Waals surface area contributed by atoms with Gasteiger partial charge in [0.25, 0.3) is 0 Å². The highest BCUT2D eigenvalue weighted by atomic mass is 32.2. The number of hydrogen-bond acceptors (Lipinski definition) is 5. The average Bonchev–Trinajstić information content (AvgIpc) is 2.53. The summed E-state index contributed by atoms with van der Waals surface area (Å²) in [6, 6.07) is 6.60. The van der Waals surface area contributed by atoms with Crippen LogP contribution in [0.25, 0.3) is 11.0 Å². The van der Waals surface area contributed by atoms with Crippen molar-refractivity contribution in [3.63, 3.8) is 0 Å². The number of carbonyl (C=O) groups is 1. The van der Waals surface area contributed by atoms with E-state index in [9.17, 15) is 18.0 Å². The molecule has 0 fully saturated rings. The molecule has 0 aliphatic rings. The lowest BCUT2D eigenvalue weighted by Gasteiger charge is -2.09. The Kier molecular flexibility index (Phi) is 6.55. The summed E-state index contributed by atoms with van der Waals surface area (Å²) in [5.74, 6) is -0.175. The van der Waals surface area contributed by atoms with E-state index >= 15 is 0 Å². The Morgan fingerprint density at radius 2 is 1.92 bits per heavy atom. The first kappa shape index (κ1) is 20.1. The third kappa shape index (κ3) is 5.40. The molecule has 0 bridgehead atoms. The van der Waals surface area contributed by atoms with Gasteiger partial charge in [0.2, 0.25) is 15.9 Å². The van der Waals surface area contributed by atoms with E-state index in [0.29, 0.717) is 30.7 Å². The molecule has 0 spiro atoms. The number of rotatable bonds is 8. The minimum atomic E-state index is -3.26. The number of anilines is 1. The van der Waals surface area contributed by atoms with Gasteiger partial charge in [0, 0.05) is 36.2 Å². The average molecular weight is 380 g/mol. The number of aryl methyl sites for hydroxylation is 1. The van der Waals surface area contributed by atoms with E-state index in [2.05, 4.69) is 10.0 Å². The van der Waals surface area contributed by atoms with Gasteiger partial charge in [-0.05, 0) is 51.3 Å². The van der Waals surface area contributed by atoms with Crippen LogP contribution in [-0.4, -0.2) is 26.1 Å². The molecule has 8 heteroatoms. The highest BCUT2D eigenvalue weighted by Crippen LogP contribution is 2.20. The zero-order chi connectivity index (χ0) is 19.3. The second-order valence-electron chi connectivity index (χ2n) is 6.45. The molecule has 0 unspecified atom stereocenters. The second-order valence-corrected chi connectivity index (χ2v) is 8.77. The maximum atomic E-state index is 12.0. The monoisotopic (exact) mass is 380 g/mol. The molecule has 2 rings (SSSR count). The number of unbranched alkanes of at least 4 members (excludes halogenated alkanes) is 1. The minimum Gasteiger partial charge on any atom is -0.423 e. The van der Waals surface area contributed by atoms with Gasteiger partial charge in [0.1, 0.15) is 5.58 Å². The van der Waals surface area contributed by atoms with Crippen LogP contribution in [-0.2, 0) is 14.8 Å². The molecular formula is C18H24N2O5S. The molecule has 0 aliphatic heterocycles. The molecule has 1 aromatic heterocycles. The van der Waals surface area contributed by atoms with Gasteiger partial charge in [-0.25, -0.2) is 17.9 Å². The maximum absolute atomic E-state index is 12.0. The SMILES string of the molecule is Cc1cc(=O)oc2cc(NC(=O)CCCCNS(=O)(=O)C(C)C)ccc12. The van der Waals surface area contributed by atoms with Crippen LogP contribution in [0.5, 0.6) is 0 Å². The van der Waals surface area contributed by atoms with E-state index in [-0.39, 0.29) is 12.3 Å². The van der Waals surface area contributed by atoms with Crippen molar-refractivity contribution in [2.24, 2.45) is 0 Å². The highest BCUT2D eigenvalue weighted by molar-refractivity contribution is 7.90. The summed E-state index contributed by atoms with van der Waals surface area (Å²) in [5.41, 5.74) is 1.37. The van der Waals surface area contributed by atoms with Crippen molar-refractivity contribution in [3.05, 3.63) is 40.2 Å². The number of hydrogen-bond donors (Lipinski definition) is 2. The van der Waals surface area contributed by atoms with Crippen molar-refractivity contribution in [1.82, 2.24) is 4.72 Å². The molecule has 0 saturated carbocycles. The largest absolute Gasteiger partial charge is 0.423 e. The predicted molar refractivity (Wildman–Crippen MR) is 102 cm³/mol. The van der Waals surface area contributed by atoms with Gasteiger partial charge >= 0.3 is 5.63 Å². The zero-order valence-corrected chi connectivity index (χ0v) is 16.0. The fourth-order valence-corrected chi connectivity index (χ4v) is 3.18. The lowest BCUT2D eigenvalue weighted by molar-refractivity contribution is -0.116. The summed E-state index contributed by atoms with van der Waals surface area (Å²) in [6.07, 6.45) is 1.42. The van der Waals surface area contributed by atoms with Crippen LogP contribution in [0.1, 0.15) is 38.7 Å². The van der Waals surface area contributed by atoms with E-state index in [1.807, 2.05) is 6.92 Å². The zero-order valence-electron chi connectivity index (χ0n) is 15.2. The van der Waals surface area contributed by atoms with Gasteiger partial charge in [0.05, 0.1) is 5.25 Å². The normalized spacial score (nSPS) is 11.8. The van der Waals surface area contributed by atoms with E-state index in [1.165, 1.54) is 6.07 Å². The van der Waals surface area contributed by atoms with Crippen LogP contribution in [0.2, 0.25) is 0 Å². The van der Waals surface area contributed by atoms with Crippen molar-refractivity contribution in [2.45, 2.75) is 45.3 Å². The van der Waals surface area contributed by atoms with Gasteiger partial charge < -0.3 is 9.73 Å². The summed E-state index contributed by atoms with van der Waals surface area (Å²) in [4.78, 5) is 23.5. The van der Waals surface area contributed by atoms with Crippen molar-refractivity contribution >= 4 is 32.6 Å². The molecule has 2 N–H and O–H groups in total. The summed E-state index contributed by atoms with van der Waals surface area (Å²) < 4.78 is 30.9. The number of benzene rings is 1. The third-order valence-corrected chi connectivity index (χ3v) is 5.84. The lowest BCUT2D eigenvalue weighted by atomic mass is 10.1. The first-order valence-electron chi connectivity index (χ1n) is 8.52. The Bertz CT molecular complexity index is 948. The molecule has 2 aromatic rings. The molecular weight excluding hydrogens is 356 g/mol. The van der Waals surface area contributed by atoms with Gasteiger partial charge in [-0.2, -0.15) is 0 Å². The topological polar surface area (TPSA) is 105 Å². The van der Waals surface area contributed by atoms with Gasteiger partial charge in [-0.15, -0.1) is 0 Å². The first-order chi connectivity index (χ1) is 12.2. The van der Waals surface area contributed by atoms with Crippen LogP contribution in [0, 0.1) is 6.92 Å². The fourth-order valence-electron chi connectivity index (χ4n) is 2.42. The van der Waals surface area contributed by atoms with E-state index in [4.69, 9.17) is 4.42 Å². The standard InChI is InChI=1S/C18H24N2O5S/c1-12(2)26(23,24)19-9-5-4-6-17(21)20-14-7-8-15-13(3)10-18(22)25-16(15)11-14/h7-8,10-12,19H,4-6,9H2,1-3H3,(H,20,21). The Labute approximate surface area is 152 Å². The lowest BCUT2D eigenvalue weighted by Crippen LogP contribution is -2.31. The number of fused-ring (bicyclic) bond motifs is 1. The van der Waals surface area contributed by atoms with Crippen molar-refractivity contribution < 1.29 is 17.6 Å². The first-order valence-corrected chi connectivity index (χ1v) is 10.1. The predicted octanol–water partition coefficient (Wildman–Crippen LogP) is 2.54. The minimum absolute atomic E-state index is 0.175. The molecule has 7 nitrogen and oxygen atoms in total. The van der Waals surface area contributed by atoms with E-state index in [1.54, 1.807) is 32.0 Å². The van der Waals surface area contributed by atoms with Crippen molar-refractivity contribution in [1.29, 1.82) is 0 Å². The Balaban J connectivity index is 1.85. The number of nitrogens with one attached hydrogen (secondary N) is 2. The second kappa shape index (κ2) is 8.46. The van der Waals surface area contributed by atoms with E-state index < -0.39 is 20.9 Å². The van der Waals surface area contributed by atoms with Crippen LogP contribution >= 0.6 is 0 Å². The third-order valence-electron chi connectivity index (χ3n) is 3.99. The molecule has 0 atom stereocenters. The van der Waals surface area contributed by atoms with Gasteiger partial charge in [0.15, 0.2) is 0 Å². The smallest absolute Gasteiger partial charge is 0.336 e. The molecule has 0 aliphatic carbocycles. The Hall–Kier alpha value is -2.19. The van der Waals surface area contributed by atoms with Crippen LogP contribution in [0.15, 0.2) is 33.5 Å². The quantitative estimate of drug-likeness (QED) is 0.541. The Morgan fingerprint density at radius 1 is 1.19 bits per heavy atom. The maximum Gasteiger partial charge on any atom is 0.336 e. The highest BCUT2D eigenvalue weighted by Gasteiger charge is 2.14. The molecule has 26 heavy (non-hydrogen) atoms. The number of carbonyl (C=O) groups excluding carboxylic acids is 1.